The minimum Gasteiger partial charge on any atom is -0.423 e. The van der Waals surface area contributed by atoms with Gasteiger partial charge in [-0.1, -0.05) is 34.1 Å². The third-order valence-electron chi connectivity index (χ3n) is 4.27. The quantitative estimate of drug-likeness (QED) is 0.287. The Hall–Kier alpha value is -3.65. The van der Waals surface area contributed by atoms with Gasteiger partial charge in [0.25, 0.3) is 0 Å². The minimum atomic E-state index is -1.15. The van der Waals surface area contributed by atoms with Crippen LogP contribution in [0.3, 0.4) is 0 Å². The first-order valence-electron chi connectivity index (χ1n) is 8.95. The summed E-state index contributed by atoms with van der Waals surface area (Å²) in [6.45, 7) is 0. The van der Waals surface area contributed by atoms with E-state index in [4.69, 9.17) is 9.47 Å². The zero-order valence-corrected chi connectivity index (χ0v) is 17.2. The minimum absolute atomic E-state index is 0.0860. The molecule has 0 radical (unpaired) electrons. The molecule has 1 aliphatic heterocycles. The van der Waals surface area contributed by atoms with Crippen LogP contribution in [0, 0.1) is 11.6 Å². The second kappa shape index (κ2) is 8.61. The van der Waals surface area contributed by atoms with Crippen molar-refractivity contribution in [2.24, 2.45) is 4.99 Å². The monoisotopic (exact) mass is 483 g/mol. The van der Waals surface area contributed by atoms with E-state index >= 15 is 0 Å². The Morgan fingerprint density at radius 3 is 2.26 bits per heavy atom. The normalized spacial score (nSPS) is 14.4. The molecule has 3 aromatic rings. The number of carbonyl (C=O) groups is 2. The predicted molar refractivity (Wildman–Crippen MR) is 113 cm³/mol. The molecule has 0 aliphatic carbocycles. The van der Waals surface area contributed by atoms with Gasteiger partial charge in [-0.25, -0.2) is 23.4 Å². The van der Waals surface area contributed by atoms with Gasteiger partial charge < -0.3 is 9.47 Å². The first kappa shape index (κ1) is 20.6. The van der Waals surface area contributed by atoms with E-state index in [1.807, 2.05) is 0 Å². The Kier molecular flexibility index (Phi) is 5.73. The zero-order valence-electron chi connectivity index (χ0n) is 15.6. The number of rotatable bonds is 4. The van der Waals surface area contributed by atoms with E-state index < -0.39 is 29.1 Å². The molecule has 5 nitrogen and oxygen atoms in total. The molecule has 0 bridgehead atoms. The van der Waals surface area contributed by atoms with Gasteiger partial charge in [0.2, 0.25) is 5.90 Å². The lowest BCUT2D eigenvalue weighted by Crippen LogP contribution is -2.13. The van der Waals surface area contributed by atoms with Crippen LogP contribution >= 0.6 is 15.9 Å². The Bertz CT molecular complexity index is 1220. The van der Waals surface area contributed by atoms with Crippen molar-refractivity contribution in [3.05, 3.63) is 105 Å². The van der Waals surface area contributed by atoms with E-state index in [1.165, 1.54) is 18.2 Å². The van der Waals surface area contributed by atoms with Crippen LogP contribution in [0.5, 0.6) is 5.75 Å². The number of hydrogen-bond donors (Lipinski definition) is 0. The molecule has 0 spiro atoms. The lowest BCUT2D eigenvalue weighted by Gasteiger charge is -2.06. The summed E-state index contributed by atoms with van der Waals surface area (Å²) in [6, 6.07) is 16.2. The number of cyclic esters (lactones) is 1. The standard InChI is InChI=1S/C23H12BrF2NO4/c24-15-8-6-14(7-9-15)21-27-19(22(28)31-21)12-13-4-10-16(11-5-13)30-23(29)20-17(25)2-1-3-18(20)26/h1-12H/b19-12+. The molecule has 1 aliphatic rings. The van der Waals surface area contributed by atoms with E-state index in [9.17, 15) is 18.4 Å². The fourth-order valence-electron chi connectivity index (χ4n) is 2.77. The first-order chi connectivity index (χ1) is 14.9. The van der Waals surface area contributed by atoms with Crippen molar-refractivity contribution in [3.8, 4) is 5.75 Å². The zero-order chi connectivity index (χ0) is 22.0. The van der Waals surface area contributed by atoms with Crippen LogP contribution in [-0.2, 0) is 9.53 Å². The molecule has 31 heavy (non-hydrogen) atoms. The van der Waals surface area contributed by atoms with E-state index in [-0.39, 0.29) is 17.3 Å². The molecule has 8 heteroatoms. The van der Waals surface area contributed by atoms with Gasteiger partial charge in [-0.15, -0.1) is 0 Å². The number of ether oxygens (including phenoxy) is 2. The van der Waals surface area contributed by atoms with Crippen LogP contribution in [0.25, 0.3) is 6.08 Å². The summed E-state index contributed by atoms with van der Waals surface area (Å²) >= 11 is 3.34. The van der Waals surface area contributed by atoms with Crippen molar-refractivity contribution in [2.75, 3.05) is 0 Å². The summed E-state index contributed by atoms with van der Waals surface area (Å²) < 4.78 is 38.5. The highest BCUT2D eigenvalue weighted by Crippen LogP contribution is 2.22. The Labute approximate surface area is 183 Å². The number of nitrogens with zero attached hydrogens (tertiary/aromatic N) is 1. The third-order valence-corrected chi connectivity index (χ3v) is 4.80. The van der Waals surface area contributed by atoms with Gasteiger partial charge in [-0.05, 0) is 60.2 Å². The van der Waals surface area contributed by atoms with Crippen molar-refractivity contribution < 1.29 is 27.8 Å². The molecular formula is C23H12BrF2NO4. The summed E-state index contributed by atoms with van der Waals surface area (Å²) in [5.41, 5.74) is 0.584. The molecule has 0 amide bonds. The smallest absolute Gasteiger partial charge is 0.363 e. The van der Waals surface area contributed by atoms with Gasteiger partial charge in [-0.3, -0.25) is 0 Å². The van der Waals surface area contributed by atoms with Crippen LogP contribution in [0.4, 0.5) is 8.78 Å². The van der Waals surface area contributed by atoms with Gasteiger partial charge in [-0.2, -0.15) is 0 Å². The maximum Gasteiger partial charge on any atom is 0.363 e. The van der Waals surface area contributed by atoms with Crippen LogP contribution < -0.4 is 4.74 Å². The number of benzene rings is 3. The number of carbonyl (C=O) groups excluding carboxylic acids is 2. The molecule has 0 unspecified atom stereocenters. The molecule has 0 saturated carbocycles. The molecule has 3 aromatic carbocycles. The van der Waals surface area contributed by atoms with Gasteiger partial charge in [0, 0.05) is 10.0 Å². The molecule has 154 valence electrons. The maximum atomic E-state index is 13.7. The Balaban J connectivity index is 1.50. The summed E-state index contributed by atoms with van der Waals surface area (Å²) in [5.74, 6) is -3.48. The summed E-state index contributed by atoms with van der Waals surface area (Å²) in [6.07, 6.45) is 1.51. The molecule has 0 atom stereocenters. The van der Waals surface area contributed by atoms with Crippen molar-refractivity contribution in [1.82, 2.24) is 0 Å². The third kappa shape index (κ3) is 4.59. The highest BCUT2D eigenvalue weighted by Gasteiger charge is 2.24. The second-order valence-electron chi connectivity index (χ2n) is 6.40. The predicted octanol–water partition coefficient (Wildman–Crippen LogP) is 5.29. The average Bonchev–Trinajstić information content (AvgIpc) is 3.10. The second-order valence-corrected chi connectivity index (χ2v) is 7.31. The highest BCUT2D eigenvalue weighted by molar-refractivity contribution is 9.10. The Morgan fingerprint density at radius 2 is 1.61 bits per heavy atom. The summed E-state index contributed by atoms with van der Waals surface area (Å²) in [4.78, 5) is 28.4. The van der Waals surface area contributed by atoms with E-state index in [2.05, 4.69) is 20.9 Å². The Morgan fingerprint density at radius 1 is 0.968 bits per heavy atom. The summed E-state index contributed by atoms with van der Waals surface area (Å²) in [5, 5.41) is 0. The van der Waals surface area contributed by atoms with Crippen LogP contribution in [0.1, 0.15) is 21.5 Å². The van der Waals surface area contributed by atoms with E-state index in [0.717, 1.165) is 22.7 Å². The van der Waals surface area contributed by atoms with Crippen molar-refractivity contribution >= 4 is 39.8 Å². The van der Waals surface area contributed by atoms with Gasteiger partial charge in [0.1, 0.15) is 22.9 Å². The fraction of sp³-hybridized carbons (Fsp3) is 0. The molecule has 0 fully saturated rings. The lowest BCUT2D eigenvalue weighted by atomic mass is 10.2. The molecule has 0 saturated heterocycles. The summed E-state index contributed by atoms with van der Waals surface area (Å²) in [7, 11) is 0. The van der Waals surface area contributed by atoms with Gasteiger partial charge in [0.05, 0.1) is 0 Å². The highest BCUT2D eigenvalue weighted by atomic mass is 79.9. The van der Waals surface area contributed by atoms with Gasteiger partial charge in [0.15, 0.2) is 5.70 Å². The van der Waals surface area contributed by atoms with E-state index in [0.29, 0.717) is 11.1 Å². The fourth-order valence-corrected chi connectivity index (χ4v) is 3.03. The van der Waals surface area contributed by atoms with Crippen LogP contribution in [0.15, 0.2) is 81.9 Å². The maximum absolute atomic E-state index is 13.7. The average molecular weight is 484 g/mol. The lowest BCUT2D eigenvalue weighted by molar-refractivity contribution is -0.129. The van der Waals surface area contributed by atoms with E-state index in [1.54, 1.807) is 36.4 Å². The molecule has 4 rings (SSSR count). The molecular weight excluding hydrogens is 472 g/mol. The van der Waals surface area contributed by atoms with Crippen molar-refractivity contribution in [3.63, 3.8) is 0 Å². The van der Waals surface area contributed by atoms with Gasteiger partial charge >= 0.3 is 11.9 Å². The molecule has 1 heterocycles. The SMILES string of the molecule is O=C1OC(c2ccc(Br)cc2)=N/C1=C/c1ccc(OC(=O)c2c(F)cccc2F)cc1. The van der Waals surface area contributed by atoms with Crippen LogP contribution in [0.2, 0.25) is 0 Å². The first-order valence-corrected chi connectivity index (χ1v) is 9.75. The molecule has 0 N–H and O–H groups in total. The largest absolute Gasteiger partial charge is 0.423 e. The molecule has 0 aromatic heterocycles. The van der Waals surface area contributed by atoms with Crippen LogP contribution in [-0.4, -0.2) is 17.8 Å². The van der Waals surface area contributed by atoms with Crippen molar-refractivity contribution in [2.45, 2.75) is 0 Å². The number of esters is 2. The van der Waals surface area contributed by atoms with Crippen molar-refractivity contribution in [1.29, 1.82) is 0 Å². The topological polar surface area (TPSA) is 65.0 Å². The number of halogens is 3. The number of aliphatic imine (C=N–C) groups is 1. The number of hydrogen-bond acceptors (Lipinski definition) is 5.